The summed E-state index contributed by atoms with van der Waals surface area (Å²) in [5.74, 6) is 2.44. The fraction of sp³-hybridized carbons (Fsp3) is 0. The van der Waals surface area contributed by atoms with Gasteiger partial charge in [0, 0.05) is 14.3 Å². The summed E-state index contributed by atoms with van der Waals surface area (Å²) in [5.41, 5.74) is 0. The van der Waals surface area contributed by atoms with Gasteiger partial charge in [-0.15, -0.1) is 0 Å². The molecule has 3 nitrogen and oxygen atoms in total. The molecule has 0 saturated heterocycles. The van der Waals surface area contributed by atoms with Crippen molar-refractivity contribution in [2.75, 3.05) is 0 Å². The normalized spacial score (nSPS) is 20.1. The van der Waals surface area contributed by atoms with E-state index in [1.54, 1.807) is 11.8 Å². The highest BCUT2D eigenvalue weighted by Gasteiger charge is 2.52. The lowest BCUT2D eigenvalue weighted by Gasteiger charge is -2.39. The van der Waals surface area contributed by atoms with Crippen molar-refractivity contribution in [2.24, 2.45) is 0 Å². The van der Waals surface area contributed by atoms with Gasteiger partial charge in [0.1, 0.15) is 16.8 Å². The van der Waals surface area contributed by atoms with E-state index < -0.39 is 7.14 Å². The van der Waals surface area contributed by atoms with Crippen LogP contribution in [0.4, 0.5) is 0 Å². The number of benzene rings is 3. The first kappa shape index (κ1) is 16.3. The van der Waals surface area contributed by atoms with Gasteiger partial charge in [0.05, 0.1) is 19.6 Å². The molecule has 0 aliphatic carbocycles. The van der Waals surface area contributed by atoms with E-state index in [-0.39, 0.29) is 0 Å². The Labute approximate surface area is 178 Å². The van der Waals surface area contributed by atoms with Crippen LogP contribution in [0.1, 0.15) is 0 Å². The highest BCUT2D eigenvalue weighted by molar-refractivity contribution is 9.11. The van der Waals surface area contributed by atoms with Crippen molar-refractivity contribution in [3.8, 4) is 23.0 Å². The van der Waals surface area contributed by atoms with Gasteiger partial charge < -0.3 is 14.0 Å². The fourth-order valence-corrected chi connectivity index (χ4v) is 10.7. The Morgan fingerprint density at radius 3 is 2.04 bits per heavy atom. The Balaban J connectivity index is 1.88. The molecule has 3 aromatic carbocycles. The third kappa shape index (κ3) is 1.79. The molecule has 3 aliphatic heterocycles. The first-order valence-corrected chi connectivity index (χ1v) is 12.5. The second-order valence-electron chi connectivity index (χ2n) is 6.09. The summed E-state index contributed by atoms with van der Waals surface area (Å²) < 4.78 is 29.7. The van der Waals surface area contributed by atoms with Crippen molar-refractivity contribution in [3.05, 3.63) is 49.8 Å². The molecular weight excluding hydrogens is 567 g/mol. The first-order chi connectivity index (χ1) is 12.5. The van der Waals surface area contributed by atoms with E-state index in [1.807, 2.05) is 36.4 Å². The second kappa shape index (κ2) is 5.21. The summed E-state index contributed by atoms with van der Waals surface area (Å²) in [6.45, 7) is 0. The molecule has 0 radical (unpaired) electrons. The van der Waals surface area contributed by atoms with E-state index in [9.17, 15) is 4.57 Å². The van der Waals surface area contributed by atoms with Crippen molar-refractivity contribution in [3.63, 3.8) is 0 Å². The van der Waals surface area contributed by atoms with Gasteiger partial charge >= 0.3 is 0 Å². The first-order valence-electron chi connectivity index (χ1n) is 7.63. The molecule has 0 aromatic heterocycles. The summed E-state index contributed by atoms with van der Waals surface area (Å²) in [7, 11) is -3.13. The molecule has 0 saturated carbocycles. The summed E-state index contributed by atoms with van der Waals surface area (Å²) in [4.78, 5) is 1.90. The van der Waals surface area contributed by atoms with Crippen molar-refractivity contribution in [1.82, 2.24) is 0 Å². The van der Waals surface area contributed by atoms with Crippen LogP contribution in [0.2, 0.25) is 0 Å². The minimum Gasteiger partial charge on any atom is -0.454 e. The van der Waals surface area contributed by atoms with Crippen LogP contribution < -0.4 is 25.4 Å². The molecule has 6 rings (SSSR count). The Bertz CT molecular complexity index is 1090. The largest absolute Gasteiger partial charge is 0.454 e. The molecule has 128 valence electrons. The fourth-order valence-electron chi connectivity index (χ4n) is 3.68. The Hall–Kier alpha value is -0.720. The van der Waals surface area contributed by atoms with E-state index in [4.69, 9.17) is 9.47 Å². The molecular formula is C18H6Br3O3PS. The van der Waals surface area contributed by atoms with Crippen LogP contribution in [0.15, 0.2) is 59.6 Å². The van der Waals surface area contributed by atoms with Gasteiger partial charge in [0.25, 0.3) is 0 Å². The minimum atomic E-state index is -3.13. The zero-order chi connectivity index (χ0) is 17.8. The molecule has 1 unspecified atom stereocenters. The van der Waals surface area contributed by atoms with Gasteiger partial charge in [-0.1, -0.05) is 11.8 Å². The molecule has 0 spiro atoms. The maximum absolute atomic E-state index is 14.8. The Morgan fingerprint density at radius 1 is 0.731 bits per heavy atom. The van der Waals surface area contributed by atoms with Crippen LogP contribution in [0, 0.1) is 0 Å². The predicted octanol–water partition coefficient (Wildman–Crippen LogP) is 6.29. The highest BCUT2D eigenvalue weighted by Crippen LogP contribution is 2.65. The number of hydrogen-bond acceptors (Lipinski definition) is 4. The minimum absolute atomic E-state index is 0.579. The SMILES string of the molecule is O=P12c3c4ccc(Br)c3Oc3ccc(Br)c(c31)Sc1ccc(Br)c(c12)O4. The van der Waals surface area contributed by atoms with Crippen LogP contribution in [0.3, 0.4) is 0 Å². The maximum Gasteiger partial charge on any atom is 0.188 e. The lowest BCUT2D eigenvalue weighted by Crippen LogP contribution is -2.39. The van der Waals surface area contributed by atoms with Crippen molar-refractivity contribution < 1.29 is 14.0 Å². The van der Waals surface area contributed by atoms with Gasteiger partial charge in [-0.3, -0.25) is 0 Å². The van der Waals surface area contributed by atoms with E-state index in [2.05, 4.69) is 47.8 Å². The zero-order valence-electron chi connectivity index (χ0n) is 12.7. The molecule has 0 fully saturated rings. The second-order valence-corrected chi connectivity index (χ2v) is 12.3. The Kier molecular flexibility index (Phi) is 3.25. The number of ether oxygens (including phenoxy) is 2. The number of hydrogen-bond donors (Lipinski definition) is 0. The molecule has 0 bridgehead atoms. The van der Waals surface area contributed by atoms with Crippen LogP contribution in [0.25, 0.3) is 0 Å². The topological polar surface area (TPSA) is 35.5 Å². The van der Waals surface area contributed by atoms with Crippen LogP contribution >= 0.6 is 66.7 Å². The summed E-state index contributed by atoms with van der Waals surface area (Å²) in [6.07, 6.45) is 0. The lowest BCUT2D eigenvalue weighted by atomic mass is 10.2. The van der Waals surface area contributed by atoms with Gasteiger partial charge in [0.2, 0.25) is 0 Å². The van der Waals surface area contributed by atoms with E-state index in [0.717, 1.165) is 33.8 Å². The third-order valence-corrected chi connectivity index (χ3v) is 11.6. The van der Waals surface area contributed by atoms with Crippen molar-refractivity contribution >= 4 is 82.6 Å². The Morgan fingerprint density at radius 2 is 1.31 bits per heavy atom. The number of halogens is 3. The van der Waals surface area contributed by atoms with Crippen LogP contribution in [0.5, 0.6) is 23.0 Å². The highest BCUT2D eigenvalue weighted by atomic mass is 79.9. The van der Waals surface area contributed by atoms with E-state index in [0.29, 0.717) is 28.3 Å². The van der Waals surface area contributed by atoms with Gasteiger partial charge in [-0.2, -0.15) is 0 Å². The summed E-state index contributed by atoms with van der Waals surface area (Å²) >= 11 is 12.3. The quantitative estimate of drug-likeness (QED) is 0.200. The predicted molar refractivity (Wildman–Crippen MR) is 113 cm³/mol. The average Bonchev–Trinajstić information content (AvgIpc) is 2.62. The monoisotopic (exact) mass is 570 g/mol. The van der Waals surface area contributed by atoms with Gasteiger partial charge in [-0.25, -0.2) is 0 Å². The zero-order valence-corrected chi connectivity index (χ0v) is 19.1. The lowest BCUT2D eigenvalue weighted by molar-refractivity contribution is 0.456. The van der Waals surface area contributed by atoms with E-state index >= 15 is 0 Å². The maximum atomic E-state index is 14.8. The molecule has 8 heteroatoms. The molecule has 0 N–H and O–H groups in total. The molecule has 3 aliphatic rings. The van der Waals surface area contributed by atoms with Crippen LogP contribution in [-0.4, -0.2) is 0 Å². The molecule has 26 heavy (non-hydrogen) atoms. The number of rotatable bonds is 0. The molecule has 1 atom stereocenters. The standard InChI is InChI=1S/C18H6Br3O3PS/c19-7-1-4-10-15-13(7)24-11-5-2-9(21)18-16(11)25(15,22)17-12(26-18)6-3-8(20)14(17)23-10/h1-6H. The van der Waals surface area contributed by atoms with Gasteiger partial charge in [-0.05, 0) is 84.2 Å². The average molecular weight is 573 g/mol. The molecule has 3 heterocycles. The van der Waals surface area contributed by atoms with E-state index in [1.165, 1.54) is 0 Å². The van der Waals surface area contributed by atoms with Crippen molar-refractivity contribution in [1.29, 1.82) is 0 Å². The van der Waals surface area contributed by atoms with Crippen molar-refractivity contribution in [2.45, 2.75) is 9.79 Å². The third-order valence-electron chi connectivity index (χ3n) is 4.72. The van der Waals surface area contributed by atoms with Gasteiger partial charge in [0.15, 0.2) is 18.6 Å². The smallest absolute Gasteiger partial charge is 0.188 e. The van der Waals surface area contributed by atoms with Crippen LogP contribution in [-0.2, 0) is 4.57 Å². The molecule has 0 amide bonds. The summed E-state index contributed by atoms with van der Waals surface area (Å²) in [6, 6.07) is 11.5. The molecule has 3 aromatic rings. The summed E-state index contributed by atoms with van der Waals surface area (Å²) in [5, 5.41) is 2.17.